The summed E-state index contributed by atoms with van der Waals surface area (Å²) in [6.07, 6.45) is 0. The zero-order valence-corrected chi connectivity index (χ0v) is 10.7. The van der Waals surface area contributed by atoms with E-state index in [9.17, 15) is 9.18 Å². The molecule has 2 aromatic carbocycles. The molecule has 1 aromatic heterocycles. The van der Waals surface area contributed by atoms with Crippen molar-refractivity contribution in [2.75, 3.05) is 5.73 Å². The summed E-state index contributed by atoms with van der Waals surface area (Å²) in [6.45, 7) is 0.254. The first-order valence-corrected chi connectivity index (χ1v) is 6.27. The van der Waals surface area contributed by atoms with E-state index in [0.717, 1.165) is 10.9 Å². The van der Waals surface area contributed by atoms with Crippen LogP contribution < -0.4 is 11.3 Å². The van der Waals surface area contributed by atoms with Gasteiger partial charge in [-0.15, -0.1) is 0 Å². The minimum atomic E-state index is -0.359. The van der Waals surface area contributed by atoms with Gasteiger partial charge in [-0.1, -0.05) is 18.2 Å². The highest BCUT2D eigenvalue weighted by molar-refractivity contribution is 5.78. The van der Waals surface area contributed by atoms with Crippen molar-refractivity contribution in [3.8, 4) is 0 Å². The Bertz CT molecular complexity index is 839. The summed E-state index contributed by atoms with van der Waals surface area (Å²) in [5.41, 5.74) is 7.60. The van der Waals surface area contributed by atoms with E-state index in [0.29, 0.717) is 11.3 Å². The quantitative estimate of drug-likeness (QED) is 0.726. The van der Waals surface area contributed by atoms with Gasteiger partial charge in [0.25, 0.3) is 5.56 Å². The molecule has 0 aliphatic rings. The molecule has 0 aliphatic heterocycles. The average molecular weight is 268 g/mol. The fourth-order valence-electron chi connectivity index (χ4n) is 2.29. The minimum absolute atomic E-state index is 0.132. The molecule has 1 heterocycles. The van der Waals surface area contributed by atoms with Crippen LogP contribution >= 0.6 is 0 Å². The van der Waals surface area contributed by atoms with Crippen molar-refractivity contribution in [1.29, 1.82) is 0 Å². The molecule has 0 spiro atoms. The van der Waals surface area contributed by atoms with Gasteiger partial charge in [0.15, 0.2) is 0 Å². The monoisotopic (exact) mass is 268 g/mol. The number of nitrogen functional groups attached to an aromatic ring is 1. The van der Waals surface area contributed by atoms with E-state index < -0.39 is 0 Å². The first kappa shape index (κ1) is 12.4. The van der Waals surface area contributed by atoms with E-state index in [1.54, 1.807) is 10.6 Å². The first-order valence-electron chi connectivity index (χ1n) is 6.27. The second-order valence-electron chi connectivity index (χ2n) is 4.66. The third-order valence-corrected chi connectivity index (χ3v) is 3.33. The molecule has 0 amide bonds. The van der Waals surface area contributed by atoms with Gasteiger partial charge in [-0.05, 0) is 41.3 Å². The largest absolute Gasteiger partial charge is 0.398 e. The Morgan fingerprint density at radius 2 is 1.85 bits per heavy atom. The molecule has 0 saturated carbocycles. The Kier molecular flexibility index (Phi) is 2.99. The number of pyridine rings is 1. The second-order valence-corrected chi connectivity index (χ2v) is 4.66. The van der Waals surface area contributed by atoms with Crippen molar-refractivity contribution < 1.29 is 4.39 Å². The summed E-state index contributed by atoms with van der Waals surface area (Å²) < 4.78 is 14.9. The standard InChI is InChI=1S/C16H13FN2O/c17-13-6-7-14(18)12(9-13)10-19-15-4-2-1-3-11(15)5-8-16(19)20/h1-9H,10,18H2. The Hall–Kier alpha value is -2.62. The van der Waals surface area contributed by atoms with Gasteiger partial charge < -0.3 is 10.3 Å². The maximum atomic E-state index is 13.3. The van der Waals surface area contributed by atoms with Crippen molar-refractivity contribution >= 4 is 16.6 Å². The summed E-state index contributed by atoms with van der Waals surface area (Å²) in [5, 5.41) is 0.960. The van der Waals surface area contributed by atoms with Crippen LogP contribution in [0.2, 0.25) is 0 Å². The third kappa shape index (κ3) is 2.16. The molecular weight excluding hydrogens is 255 g/mol. The van der Waals surface area contributed by atoms with Gasteiger partial charge in [-0.3, -0.25) is 4.79 Å². The summed E-state index contributed by atoms with van der Waals surface area (Å²) in [5.74, 6) is -0.359. The predicted molar refractivity (Wildman–Crippen MR) is 78.1 cm³/mol. The number of hydrogen-bond acceptors (Lipinski definition) is 2. The fourth-order valence-corrected chi connectivity index (χ4v) is 2.29. The van der Waals surface area contributed by atoms with Crippen molar-refractivity contribution in [2.24, 2.45) is 0 Å². The number of aromatic nitrogens is 1. The molecule has 0 radical (unpaired) electrons. The number of nitrogens with two attached hydrogens (primary N) is 1. The van der Waals surface area contributed by atoms with Gasteiger partial charge in [0.05, 0.1) is 12.1 Å². The summed E-state index contributed by atoms with van der Waals surface area (Å²) in [6, 6.07) is 15.1. The van der Waals surface area contributed by atoms with Crippen LogP contribution in [0.1, 0.15) is 5.56 Å². The highest BCUT2D eigenvalue weighted by Gasteiger charge is 2.07. The van der Waals surface area contributed by atoms with Gasteiger partial charge in [-0.2, -0.15) is 0 Å². The zero-order valence-electron chi connectivity index (χ0n) is 10.7. The van der Waals surface area contributed by atoms with Crippen molar-refractivity contribution in [1.82, 2.24) is 4.57 Å². The number of anilines is 1. The molecule has 0 unspecified atom stereocenters. The molecule has 0 saturated heterocycles. The number of hydrogen-bond donors (Lipinski definition) is 1. The summed E-state index contributed by atoms with van der Waals surface area (Å²) in [4.78, 5) is 12.1. The Labute approximate surface area is 115 Å². The maximum absolute atomic E-state index is 13.3. The summed E-state index contributed by atoms with van der Waals surface area (Å²) in [7, 11) is 0. The lowest BCUT2D eigenvalue weighted by molar-refractivity contribution is 0.624. The van der Waals surface area contributed by atoms with E-state index in [2.05, 4.69) is 0 Å². The van der Waals surface area contributed by atoms with E-state index in [1.807, 2.05) is 24.3 Å². The molecule has 0 bridgehead atoms. The molecule has 3 nitrogen and oxygen atoms in total. The van der Waals surface area contributed by atoms with Crippen LogP contribution in [0, 0.1) is 5.82 Å². The number of fused-ring (bicyclic) bond motifs is 1. The molecular formula is C16H13FN2O. The number of para-hydroxylation sites is 1. The lowest BCUT2D eigenvalue weighted by Crippen LogP contribution is -2.20. The van der Waals surface area contributed by atoms with Crippen LogP contribution in [-0.2, 0) is 6.54 Å². The molecule has 3 aromatic rings. The van der Waals surface area contributed by atoms with Crippen LogP contribution in [0.4, 0.5) is 10.1 Å². The highest BCUT2D eigenvalue weighted by atomic mass is 19.1. The van der Waals surface area contributed by atoms with Crippen molar-refractivity contribution in [3.05, 3.63) is 76.3 Å². The van der Waals surface area contributed by atoms with E-state index in [1.165, 1.54) is 24.3 Å². The van der Waals surface area contributed by atoms with Gasteiger partial charge >= 0.3 is 0 Å². The second kappa shape index (κ2) is 4.81. The zero-order chi connectivity index (χ0) is 14.1. The predicted octanol–water partition coefficient (Wildman–Crippen LogP) is 2.77. The van der Waals surface area contributed by atoms with Gasteiger partial charge in [0.1, 0.15) is 5.82 Å². The van der Waals surface area contributed by atoms with Crippen LogP contribution in [0.5, 0.6) is 0 Å². The van der Waals surface area contributed by atoms with Gasteiger partial charge in [0.2, 0.25) is 0 Å². The fraction of sp³-hybridized carbons (Fsp3) is 0.0625. The number of nitrogens with zero attached hydrogens (tertiary/aromatic N) is 1. The van der Waals surface area contributed by atoms with Crippen LogP contribution in [0.25, 0.3) is 10.9 Å². The minimum Gasteiger partial charge on any atom is -0.398 e. The van der Waals surface area contributed by atoms with E-state index in [4.69, 9.17) is 5.73 Å². The van der Waals surface area contributed by atoms with Crippen LogP contribution in [-0.4, -0.2) is 4.57 Å². The Balaban J connectivity index is 2.17. The highest BCUT2D eigenvalue weighted by Crippen LogP contribution is 2.17. The average Bonchev–Trinajstić information content (AvgIpc) is 2.46. The third-order valence-electron chi connectivity index (χ3n) is 3.33. The van der Waals surface area contributed by atoms with E-state index in [-0.39, 0.29) is 17.9 Å². The smallest absolute Gasteiger partial charge is 0.251 e. The molecule has 4 heteroatoms. The molecule has 100 valence electrons. The van der Waals surface area contributed by atoms with Crippen LogP contribution in [0.3, 0.4) is 0 Å². The molecule has 3 rings (SSSR count). The van der Waals surface area contributed by atoms with Gasteiger partial charge in [0, 0.05) is 11.8 Å². The molecule has 20 heavy (non-hydrogen) atoms. The number of rotatable bonds is 2. The topological polar surface area (TPSA) is 48.0 Å². The van der Waals surface area contributed by atoms with Gasteiger partial charge in [-0.25, -0.2) is 4.39 Å². The van der Waals surface area contributed by atoms with Crippen LogP contribution in [0.15, 0.2) is 59.4 Å². The van der Waals surface area contributed by atoms with Crippen molar-refractivity contribution in [2.45, 2.75) is 6.54 Å². The Morgan fingerprint density at radius 3 is 2.70 bits per heavy atom. The summed E-state index contributed by atoms with van der Waals surface area (Å²) >= 11 is 0. The molecule has 0 fully saturated rings. The maximum Gasteiger partial charge on any atom is 0.251 e. The van der Waals surface area contributed by atoms with E-state index >= 15 is 0 Å². The first-order chi connectivity index (χ1) is 9.65. The normalized spacial score (nSPS) is 10.8. The lowest BCUT2D eigenvalue weighted by atomic mass is 10.1. The number of benzene rings is 2. The lowest BCUT2D eigenvalue weighted by Gasteiger charge is -2.11. The molecule has 0 aliphatic carbocycles. The SMILES string of the molecule is Nc1ccc(F)cc1Cn1c(=O)ccc2ccccc21. The van der Waals surface area contributed by atoms with Crippen molar-refractivity contribution in [3.63, 3.8) is 0 Å². The number of halogens is 1. The molecule has 2 N–H and O–H groups in total. The molecule has 0 atom stereocenters. The Morgan fingerprint density at radius 1 is 1.05 bits per heavy atom.